The molecule has 0 saturated carbocycles. The Hall–Kier alpha value is -1.13. The number of fused-ring (bicyclic) bond motifs is 1. The van der Waals surface area contributed by atoms with E-state index in [1.165, 1.54) is 6.07 Å². The molecule has 0 aliphatic carbocycles. The molecule has 76 valence electrons. The lowest BCUT2D eigenvalue weighted by Crippen LogP contribution is -1.98. The number of aromatic nitrogens is 1. The number of halogens is 2. The van der Waals surface area contributed by atoms with Crippen LogP contribution in [0.4, 0.5) is 0 Å². The predicted molar refractivity (Wildman–Crippen MR) is 61.4 cm³/mol. The molecule has 2 rings (SSSR count). The quantitative estimate of drug-likeness (QED) is 0.818. The Labute approximate surface area is 98.8 Å². The third-order valence-corrected chi connectivity index (χ3v) is 2.61. The van der Waals surface area contributed by atoms with Crippen molar-refractivity contribution in [2.45, 2.75) is 0 Å². The molecule has 0 radical (unpaired) electrons. The standard InChI is InChI=1S/C10H5BrClNO2/c11-9-4-7(10(14)15)6-2-1-5(12)3-8(6)13-9/h1-4H,(H,14,15). The van der Waals surface area contributed by atoms with Crippen LogP contribution in [-0.2, 0) is 0 Å². The average Bonchev–Trinajstić information content (AvgIpc) is 2.15. The smallest absolute Gasteiger partial charge is 0.336 e. The van der Waals surface area contributed by atoms with E-state index in [2.05, 4.69) is 20.9 Å². The van der Waals surface area contributed by atoms with Crippen LogP contribution in [0.15, 0.2) is 28.9 Å². The van der Waals surface area contributed by atoms with Gasteiger partial charge in [-0.25, -0.2) is 9.78 Å². The predicted octanol–water partition coefficient (Wildman–Crippen LogP) is 3.35. The molecule has 1 heterocycles. The first-order valence-corrected chi connectivity index (χ1v) is 5.24. The van der Waals surface area contributed by atoms with Crippen molar-refractivity contribution in [1.82, 2.24) is 4.98 Å². The number of aromatic carboxylic acids is 1. The molecule has 0 spiro atoms. The highest BCUT2D eigenvalue weighted by atomic mass is 79.9. The Morgan fingerprint density at radius 3 is 2.80 bits per heavy atom. The van der Waals surface area contributed by atoms with E-state index in [0.717, 1.165) is 0 Å². The van der Waals surface area contributed by atoms with Gasteiger partial charge >= 0.3 is 5.97 Å². The number of hydrogen-bond acceptors (Lipinski definition) is 2. The third kappa shape index (κ3) is 1.96. The minimum Gasteiger partial charge on any atom is -0.478 e. The molecule has 1 aromatic heterocycles. The third-order valence-electron chi connectivity index (χ3n) is 1.97. The molecular weight excluding hydrogens is 281 g/mol. The van der Waals surface area contributed by atoms with Crippen molar-refractivity contribution >= 4 is 44.4 Å². The van der Waals surface area contributed by atoms with Gasteiger partial charge in [0.25, 0.3) is 0 Å². The molecule has 0 bridgehead atoms. The van der Waals surface area contributed by atoms with Gasteiger partial charge in [0.05, 0.1) is 11.1 Å². The normalized spacial score (nSPS) is 10.5. The van der Waals surface area contributed by atoms with Gasteiger partial charge in [0.1, 0.15) is 4.60 Å². The minimum atomic E-state index is -0.981. The maximum absolute atomic E-state index is 11.0. The zero-order chi connectivity index (χ0) is 11.0. The molecule has 0 aliphatic rings. The van der Waals surface area contributed by atoms with Crippen molar-refractivity contribution in [2.75, 3.05) is 0 Å². The second-order valence-electron chi connectivity index (χ2n) is 2.96. The number of nitrogens with zero attached hydrogens (tertiary/aromatic N) is 1. The summed E-state index contributed by atoms with van der Waals surface area (Å²) >= 11 is 8.96. The molecule has 15 heavy (non-hydrogen) atoms. The maximum atomic E-state index is 11.0. The SMILES string of the molecule is O=C(O)c1cc(Br)nc2cc(Cl)ccc12. The zero-order valence-corrected chi connectivity index (χ0v) is 9.71. The highest BCUT2D eigenvalue weighted by molar-refractivity contribution is 9.10. The summed E-state index contributed by atoms with van der Waals surface area (Å²) in [6, 6.07) is 6.40. The van der Waals surface area contributed by atoms with Crippen LogP contribution in [0.2, 0.25) is 5.02 Å². The number of carbonyl (C=O) groups is 1. The van der Waals surface area contributed by atoms with Crippen LogP contribution in [0.1, 0.15) is 10.4 Å². The van der Waals surface area contributed by atoms with E-state index in [1.807, 2.05) is 0 Å². The average molecular weight is 287 g/mol. The number of carboxylic acids is 1. The molecule has 3 nitrogen and oxygen atoms in total. The van der Waals surface area contributed by atoms with Crippen molar-refractivity contribution in [3.05, 3.63) is 39.5 Å². The molecule has 2 aromatic rings. The molecule has 0 fully saturated rings. The molecule has 0 aliphatic heterocycles. The Bertz CT molecular complexity index is 551. The zero-order valence-electron chi connectivity index (χ0n) is 7.37. The van der Waals surface area contributed by atoms with Gasteiger partial charge in [0.2, 0.25) is 0 Å². The lowest BCUT2D eigenvalue weighted by atomic mass is 10.1. The summed E-state index contributed by atoms with van der Waals surface area (Å²) in [5.74, 6) is -0.981. The molecule has 0 saturated heterocycles. The number of rotatable bonds is 1. The largest absolute Gasteiger partial charge is 0.478 e. The summed E-state index contributed by atoms with van der Waals surface area (Å²) in [5.41, 5.74) is 0.776. The van der Waals surface area contributed by atoms with Crippen molar-refractivity contribution in [3.8, 4) is 0 Å². The Balaban J connectivity index is 2.86. The second-order valence-corrected chi connectivity index (χ2v) is 4.21. The van der Waals surface area contributed by atoms with Crippen LogP contribution < -0.4 is 0 Å². The van der Waals surface area contributed by atoms with E-state index in [0.29, 0.717) is 20.5 Å². The molecule has 5 heteroatoms. The fourth-order valence-corrected chi connectivity index (χ4v) is 1.93. The van der Waals surface area contributed by atoms with E-state index in [4.69, 9.17) is 16.7 Å². The number of carboxylic acid groups (broad SMARTS) is 1. The number of benzene rings is 1. The number of hydrogen-bond donors (Lipinski definition) is 1. The fourth-order valence-electron chi connectivity index (χ4n) is 1.35. The summed E-state index contributed by atoms with van der Waals surface area (Å²) < 4.78 is 0.481. The van der Waals surface area contributed by atoms with Crippen molar-refractivity contribution in [2.24, 2.45) is 0 Å². The van der Waals surface area contributed by atoms with Gasteiger partial charge < -0.3 is 5.11 Å². The molecule has 1 N–H and O–H groups in total. The van der Waals surface area contributed by atoms with Gasteiger partial charge in [-0.2, -0.15) is 0 Å². The Kier molecular flexibility index (Phi) is 2.63. The molecular formula is C10H5BrClNO2. The number of pyridine rings is 1. The highest BCUT2D eigenvalue weighted by Gasteiger charge is 2.10. The first-order valence-electron chi connectivity index (χ1n) is 4.07. The lowest BCUT2D eigenvalue weighted by Gasteiger charge is -2.03. The first-order chi connectivity index (χ1) is 7.08. The maximum Gasteiger partial charge on any atom is 0.336 e. The van der Waals surface area contributed by atoms with Gasteiger partial charge in [-0.1, -0.05) is 17.7 Å². The summed E-state index contributed by atoms with van der Waals surface area (Å²) in [7, 11) is 0. The lowest BCUT2D eigenvalue weighted by molar-refractivity contribution is 0.0699. The van der Waals surface area contributed by atoms with Gasteiger partial charge in [-0.3, -0.25) is 0 Å². The van der Waals surface area contributed by atoms with Crippen LogP contribution >= 0.6 is 27.5 Å². The fraction of sp³-hybridized carbons (Fsp3) is 0. The topological polar surface area (TPSA) is 50.2 Å². The molecule has 0 unspecified atom stereocenters. The van der Waals surface area contributed by atoms with Gasteiger partial charge in [-0.05, 0) is 34.1 Å². The van der Waals surface area contributed by atoms with Crippen LogP contribution in [0, 0.1) is 0 Å². The molecule has 0 amide bonds. The van der Waals surface area contributed by atoms with Crippen LogP contribution in [0.3, 0.4) is 0 Å². The summed E-state index contributed by atoms with van der Waals surface area (Å²) in [5, 5.41) is 10.1. The van der Waals surface area contributed by atoms with Crippen LogP contribution in [-0.4, -0.2) is 16.1 Å². The summed E-state index contributed by atoms with van der Waals surface area (Å²) in [6.45, 7) is 0. The second kappa shape index (κ2) is 3.79. The van der Waals surface area contributed by atoms with E-state index in [9.17, 15) is 4.79 Å². The van der Waals surface area contributed by atoms with E-state index >= 15 is 0 Å². The van der Waals surface area contributed by atoms with Crippen molar-refractivity contribution in [3.63, 3.8) is 0 Å². The van der Waals surface area contributed by atoms with Crippen LogP contribution in [0.5, 0.6) is 0 Å². The van der Waals surface area contributed by atoms with E-state index in [-0.39, 0.29) is 5.56 Å². The van der Waals surface area contributed by atoms with Crippen molar-refractivity contribution in [1.29, 1.82) is 0 Å². The summed E-state index contributed by atoms with van der Waals surface area (Å²) in [4.78, 5) is 15.1. The Morgan fingerprint density at radius 1 is 1.40 bits per heavy atom. The van der Waals surface area contributed by atoms with Gasteiger partial charge in [-0.15, -0.1) is 0 Å². The first kappa shape index (κ1) is 10.4. The summed E-state index contributed by atoms with van der Waals surface area (Å²) in [6.07, 6.45) is 0. The minimum absolute atomic E-state index is 0.212. The Morgan fingerprint density at radius 2 is 2.13 bits per heavy atom. The molecule has 0 atom stereocenters. The molecule has 1 aromatic carbocycles. The monoisotopic (exact) mass is 285 g/mol. The van der Waals surface area contributed by atoms with E-state index < -0.39 is 5.97 Å². The van der Waals surface area contributed by atoms with Crippen molar-refractivity contribution < 1.29 is 9.90 Å². The van der Waals surface area contributed by atoms with E-state index in [1.54, 1.807) is 18.2 Å². The highest BCUT2D eigenvalue weighted by Crippen LogP contribution is 2.24. The van der Waals surface area contributed by atoms with Gasteiger partial charge in [0.15, 0.2) is 0 Å². The van der Waals surface area contributed by atoms with Gasteiger partial charge in [0, 0.05) is 10.4 Å². The van der Waals surface area contributed by atoms with Crippen LogP contribution in [0.25, 0.3) is 10.9 Å².